The summed E-state index contributed by atoms with van der Waals surface area (Å²) in [6.45, 7) is 5.57. The summed E-state index contributed by atoms with van der Waals surface area (Å²) < 4.78 is 17.5. The van der Waals surface area contributed by atoms with E-state index >= 15 is 0 Å². The first-order chi connectivity index (χ1) is 35.7. The molecule has 8 unspecified atom stereocenters. The molecule has 8 atom stereocenters. The molecule has 0 aromatic rings. The average molecular weight is 1020 g/mol. The number of carbonyl (C=O) groups excluding carboxylic acids is 2. The Morgan fingerprint density at radius 1 is 0.562 bits per heavy atom. The molecule has 1 amide bonds. The van der Waals surface area contributed by atoms with Crippen LogP contribution in [-0.4, -0.2) is 99.6 Å². The highest BCUT2D eigenvalue weighted by Crippen LogP contribution is 2.26. The number of hydrogen-bond donors (Lipinski definition) is 6. The van der Waals surface area contributed by atoms with Gasteiger partial charge in [-0.15, -0.1) is 0 Å². The number of rotatable bonds is 47. The smallest absolute Gasteiger partial charge is 0.306 e. The standard InChI is InChI=1S/C62H105NO10/c1-4-7-10-13-16-19-22-24-26-27-28-30-31-34-37-40-43-46-49-55(66)61(70)63-53(54(65)48-45-42-39-36-33-21-18-15-12-9-6-3)52-71-62-60(59(69)58(68)56(51-64)72-62)73-57(67)50-47-44-41-38-35-32-29-25-23-20-17-14-11-8-5-2/h8,11,14,16-17,19-20,23-26,28-30,45,48,53-56,58-60,62,64-66,68-69H,4-7,9-10,12-13,15,18,21-22,27,31-44,46-47,49-52H2,1-3H3,(H,63,70)/b11-8+,17-14+,19-16-,23-20+,26-24-,29-25-,30-28-,48-45+. The van der Waals surface area contributed by atoms with Gasteiger partial charge in [-0.2, -0.15) is 0 Å². The molecule has 0 saturated carbocycles. The fourth-order valence-electron chi connectivity index (χ4n) is 8.43. The first kappa shape index (κ1) is 67.6. The summed E-state index contributed by atoms with van der Waals surface area (Å²) in [6, 6.07) is -1.04. The highest BCUT2D eigenvalue weighted by atomic mass is 16.7. The van der Waals surface area contributed by atoms with Crippen molar-refractivity contribution < 1.29 is 49.3 Å². The molecule has 1 fully saturated rings. The van der Waals surface area contributed by atoms with Crippen LogP contribution in [0, 0.1) is 0 Å². The van der Waals surface area contributed by atoms with Crippen molar-refractivity contribution in [2.75, 3.05) is 13.2 Å². The van der Waals surface area contributed by atoms with Crippen LogP contribution in [0.25, 0.3) is 0 Å². The van der Waals surface area contributed by atoms with E-state index in [2.05, 4.69) is 74.7 Å². The van der Waals surface area contributed by atoms with Crippen molar-refractivity contribution in [3.8, 4) is 0 Å². The van der Waals surface area contributed by atoms with Crippen molar-refractivity contribution in [3.05, 3.63) is 97.2 Å². The molecule has 11 heteroatoms. The minimum Gasteiger partial charge on any atom is -0.454 e. The summed E-state index contributed by atoms with van der Waals surface area (Å²) in [6.07, 6.45) is 54.4. The van der Waals surface area contributed by atoms with E-state index in [0.717, 1.165) is 109 Å². The van der Waals surface area contributed by atoms with Gasteiger partial charge in [-0.25, -0.2) is 0 Å². The molecule has 1 saturated heterocycles. The molecule has 0 aromatic carbocycles. The van der Waals surface area contributed by atoms with Crippen LogP contribution < -0.4 is 5.32 Å². The van der Waals surface area contributed by atoms with Crippen molar-refractivity contribution in [1.29, 1.82) is 0 Å². The number of aliphatic hydroxyl groups excluding tert-OH is 5. The van der Waals surface area contributed by atoms with E-state index in [1.54, 1.807) is 6.08 Å². The summed E-state index contributed by atoms with van der Waals surface area (Å²) >= 11 is 0. The lowest BCUT2D eigenvalue weighted by Crippen LogP contribution is -2.61. The Bertz CT molecular complexity index is 1550. The van der Waals surface area contributed by atoms with Gasteiger partial charge in [-0.1, -0.05) is 227 Å². The molecule has 1 aliphatic heterocycles. The zero-order valence-electron chi connectivity index (χ0n) is 46.0. The second kappa shape index (κ2) is 49.5. The van der Waals surface area contributed by atoms with E-state index in [1.165, 1.54) is 64.2 Å². The van der Waals surface area contributed by atoms with Crippen LogP contribution in [0.4, 0.5) is 0 Å². The summed E-state index contributed by atoms with van der Waals surface area (Å²) in [7, 11) is 0. The van der Waals surface area contributed by atoms with Crippen molar-refractivity contribution >= 4 is 11.9 Å². The van der Waals surface area contributed by atoms with Crippen molar-refractivity contribution in [2.45, 2.75) is 269 Å². The highest BCUT2D eigenvalue weighted by Gasteiger charge is 2.47. The molecule has 73 heavy (non-hydrogen) atoms. The van der Waals surface area contributed by atoms with Gasteiger partial charge in [-0.3, -0.25) is 9.59 Å². The maximum Gasteiger partial charge on any atom is 0.306 e. The molecule has 0 spiro atoms. The third-order valence-corrected chi connectivity index (χ3v) is 13.1. The van der Waals surface area contributed by atoms with Crippen LogP contribution in [-0.2, 0) is 23.8 Å². The zero-order chi connectivity index (χ0) is 53.3. The third-order valence-electron chi connectivity index (χ3n) is 13.1. The second-order valence-electron chi connectivity index (χ2n) is 19.7. The maximum atomic E-state index is 13.4. The summed E-state index contributed by atoms with van der Waals surface area (Å²) in [5.41, 5.74) is 0. The van der Waals surface area contributed by atoms with E-state index in [1.807, 2.05) is 42.5 Å². The Kier molecular flexibility index (Phi) is 45.8. The highest BCUT2D eigenvalue weighted by molar-refractivity contribution is 5.80. The first-order valence-corrected chi connectivity index (χ1v) is 29.1. The SMILES string of the molecule is CC/C=C/C=C/C=C/C=C\CCCCCCCC(=O)OC1C(OCC(NC(=O)C(O)CCCCCCC/C=C\C/C=C\C/C=C\CCCCC)C(O)/C=C/CCCCCCCCCCC)OC(CO)C(O)C1O. The fourth-order valence-corrected chi connectivity index (χ4v) is 8.43. The van der Waals surface area contributed by atoms with E-state index in [9.17, 15) is 35.1 Å². The molecule has 1 rings (SSSR count). The molecule has 0 aromatic heterocycles. The molecule has 6 N–H and O–H groups in total. The van der Waals surface area contributed by atoms with E-state index in [0.29, 0.717) is 12.8 Å². The summed E-state index contributed by atoms with van der Waals surface area (Å²) in [5.74, 6) is -1.24. The quantitative estimate of drug-likeness (QED) is 0.0149. The molecule has 0 aliphatic carbocycles. The number of allylic oxidation sites excluding steroid dienone is 15. The second-order valence-corrected chi connectivity index (χ2v) is 19.7. The summed E-state index contributed by atoms with van der Waals surface area (Å²) in [5, 5.41) is 56.8. The van der Waals surface area contributed by atoms with Gasteiger partial charge in [0.1, 0.15) is 24.4 Å². The number of amides is 1. The first-order valence-electron chi connectivity index (χ1n) is 29.1. The molecule has 1 aliphatic rings. The van der Waals surface area contributed by atoms with E-state index < -0.39 is 67.4 Å². The predicted octanol–water partition coefficient (Wildman–Crippen LogP) is 13.2. The lowest BCUT2D eigenvalue weighted by molar-refractivity contribution is -0.305. The normalized spacial score (nSPS) is 20.1. The largest absolute Gasteiger partial charge is 0.454 e. The Morgan fingerprint density at radius 2 is 1.04 bits per heavy atom. The number of nitrogens with one attached hydrogen (secondary N) is 1. The molecule has 11 nitrogen and oxygen atoms in total. The van der Waals surface area contributed by atoms with Gasteiger partial charge in [0.05, 0.1) is 25.4 Å². The number of unbranched alkanes of at least 4 members (excludes halogenated alkanes) is 22. The number of esters is 1. The van der Waals surface area contributed by atoms with Crippen LogP contribution in [0.2, 0.25) is 0 Å². The number of aliphatic hydroxyl groups is 5. The monoisotopic (exact) mass is 1020 g/mol. The van der Waals surface area contributed by atoms with E-state index in [-0.39, 0.29) is 19.4 Å². The molecular formula is C62H105NO10. The minimum atomic E-state index is -1.63. The number of ether oxygens (including phenoxy) is 3. The maximum absolute atomic E-state index is 13.4. The Balaban J connectivity index is 2.74. The van der Waals surface area contributed by atoms with Crippen LogP contribution >= 0.6 is 0 Å². The number of carbonyl (C=O) groups is 2. The van der Waals surface area contributed by atoms with Gasteiger partial charge in [0.2, 0.25) is 5.91 Å². The molecular weight excluding hydrogens is 919 g/mol. The van der Waals surface area contributed by atoms with E-state index in [4.69, 9.17) is 14.2 Å². The number of hydrogen-bond acceptors (Lipinski definition) is 10. The van der Waals surface area contributed by atoms with Gasteiger partial charge in [0.15, 0.2) is 12.4 Å². The van der Waals surface area contributed by atoms with Gasteiger partial charge in [-0.05, 0) is 83.5 Å². The van der Waals surface area contributed by atoms with Gasteiger partial charge in [0, 0.05) is 6.42 Å². The Labute approximate surface area is 444 Å². The van der Waals surface area contributed by atoms with Crippen LogP contribution in [0.1, 0.15) is 220 Å². The van der Waals surface area contributed by atoms with Crippen LogP contribution in [0.15, 0.2) is 97.2 Å². The fraction of sp³-hybridized carbons (Fsp3) is 0.710. The van der Waals surface area contributed by atoms with Crippen molar-refractivity contribution in [3.63, 3.8) is 0 Å². The average Bonchev–Trinajstić information content (AvgIpc) is 3.39. The Morgan fingerprint density at radius 3 is 1.63 bits per heavy atom. The van der Waals surface area contributed by atoms with Gasteiger partial charge >= 0.3 is 5.97 Å². The van der Waals surface area contributed by atoms with Crippen molar-refractivity contribution in [1.82, 2.24) is 5.32 Å². The van der Waals surface area contributed by atoms with Gasteiger partial charge < -0.3 is 45.1 Å². The Hall–Kier alpha value is -3.42. The topological polar surface area (TPSA) is 175 Å². The third kappa shape index (κ3) is 37.9. The minimum absolute atomic E-state index is 0.0907. The molecule has 0 bridgehead atoms. The van der Waals surface area contributed by atoms with Crippen LogP contribution in [0.5, 0.6) is 0 Å². The van der Waals surface area contributed by atoms with Gasteiger partial charge in [0.25, 0.3) is 0 Å². The lowest BCUT2D eigenvalue weighted by atomic mass is 9.99. The van der Waals surface area contributed by atoms with Crippen molar-refractivity contribution in [2.24, 2.45) is 0 Å². The molecule has 418 valence electrons. The zero-order valence-corrected chi connectivity index (χ0v) is 46.0. The van der Waals surface area contributed by atoms with Crippen LogP contribution in [0.3, 0.4) is 0 Å². The lowest BCUT2D eigenvalue weighted by Gasteiger charge is -2.41. The predicted molar refractivity (Wildman–Crippen MR) is 301 cm³/mol. The molecule has 1 heterocycles. The molecule has 0 radical (unpaired) electrons. The summed E-state index contributed by atoms with van der Waals surface area (Å²) in [4.78, 5) is 26.5.